The first-order valence-corrected chi connectivity index (χ1v) is 12.9. The Bertz CT molecular complexity index is 757. The minimum Gasteiger partial charge on any atom is -0.496 e. The van der Waals surface area contributed by atoms with Gasteiger partial charge in [0.1, 0.15) is 11.5 Å². The SMILES string of the molecule is COc1cccc(OC)c1-c1ccccc1P(C1CCCCC1)C1CCCCC1.[Pd+2]. The third-order valence-electron chi connectivity index (χ3n) is 6.82. The van der Waals surface area contributed by atoms with Crippen LogP contribution in [-0.2, 0) is 20.4 Å². The van der Waals surface area contributed by atoms with Gasteiger partial charge in [-0.15, -0.1) is 0 Å². The molecule has 2 aliphatic carbocycles. The van der Waals surface area contributed by atoms with Crippen molar-refractivity contribution in [2.75, 3.05) is 14.2 Å². The zero-order valence-corrected chi connectivity index (χ0v) is 20.8. The van der Waals surface area contributed by atoms with Crippen LogP contribution < -0.4 is 14.8 Å². The van der Waals surface area contributed by atoms with Crippen LogP contribution in [0.4, 0.5) is 0 Å². The normalized spacial score (nSPS) is 18.1. The van der Waals surface area contributed by atoms with Crippen molar-refractivity contribution in [3.8, 4) is 22.6 Å². The summed E-state index contributed by atoms with van der Waals surface area (Å²) in [6.07, 6.45) is 14.2. The maximum atomic E-state index is 5.80. The molecule has 2 saturated carbocycles. The largest absolute Gasteiger partial charge is 2.00 e. The molecule has 0 aromatic heterocycles. The molecular formula is C26H35O2PPd+2. The Morgan fingerprint density at radius 2 is 1.17 bits per heavy atom. The molecular weight excluding hydrogens is 482 g/mol. The fourth-order valence-electron chi connectivity index (χ4n) is 5.44. The van der Waals surface area contributed by atoms with Crippen LogP contribution >= 0.6 is 7.92 Å². The molecule has 4 heteroatoms. The zero-order valence-electron chi connectivity index (χ0n) is 18.3. The molecule has 0 atom stereocenters. The predicted octanol–water partition coefficient (Wildman–Crippen LogP) is 7.14. The summed E-state index contributed by atoms with van der Waals surface area (Å²) in [6, 6.07) is 15.3. The molecule has 0 radical (unpaired) electrons. The maximum Gasteiger partial charge on any atom is 2.00 e. The molecule has 164 valence electrons. The van der Waals surface area contributed by atoms with Gasteiger partial charge in [0.05, 0.1) is 19.8 Å². The van der Waals surface area contributed by atoms with Gasteiger partial charge in [-0.05, 0) is 60.0 Å². The summed E-state index contributed by atoms with van der Waals surface area (Å²) in [5.74, 6) is 1.83. The Morgan fingerprint density at radius 1 is 0.667 bits per heavy atom. The van der Waals surface area contributed by atoms with Crippen LogP contribution in [0.3, 0.4) is 0 Å². The van der Waals surface area contributed by atoms with E-state index in [1.165, 1.54) is 69.8 Å². The van der Waals surface area contributed by atoms with Gasteiger partial charge in [-0.2, -0.15) is 0 Å². The second kappa shape index (κ2) is 11.7. The van der Waals surface area contributed by atoms with Gasteiger partial charge in [0, 0.05) is 0 Å². The van der Waals surface area contributed by atoms with Crippen molar-refractivity contribution in [1.29, 1.82) is 0 Å². The third kappa shape index (κ3) is 5.12. The Hall–Kier alpha value is -0.868. The molecule has 0 aliphatic heterocycles. The van der Waals surface area contributed by atoms with Gasteiger partial charge < -0.3 is 9.47 Å². The van der Waals surface area contributed by atoms with Gasteiger partial charge in [-0.1, -0.05) is 76.8 Å². The van der Waals surface area contributed by atoms with E-state index in [1.807, 2.05) is 6.07 Å². The van der Waals surface area contributed by atoms with Crippen molar-refractivity contribution in [3.63, 3.8) is 0 Å². The van der Waals surface area contributed by atoms with Gasteiger partial charge in [0.15, 0.2) is 0 Å². The average molecular weight is 517 g/mol. The van der Waals surface area contributed by atoms with E-state index in [0.29, 0.717) is 0 Å². The number of hydrogen-bond acceptors (Lipinski definition) is 2. The van der Waals surface area contributed by atoms with Crippen molar-refractivity contribution in [2.45, 2.75) is 75.5 Å². The van der Waals surface area contributed by atoms with E-state index in [1.54, 1.807) is 19.5 Å². The Morgan fingerprint density at radius 3 is 1.67 bits per heavy atom. The zero-order chi connectivity index (χ0) is 20.1. The molecule has 4 rings (SSSR count). The Labute approximate surface area is 197 Å². The van der Waals surface area contributed by atoms with Crippen LogP contribution in [0.1, 0.15) is 64.2 Å². The minimum absolute atomic E-state index is 0. The van der Waals surface area contributed by atoms with E-state index in [2.05, 4.69) is 36.4 Å². The molecule has 2 nitrogen and oxygen atoms in total. The second-order valence-corrected chi connectivity index (χ2v) is 11.3. The first-order chi connectivity index (χ1) is 14.3. The molecule has 0 N–H and O–H groups in total. The number of hydrogen-bond donors (Lipinski definition) is 0. The van der Waals surface area contributed by atoms with Crippen LogP contribution in [0.5, 0.6) is 11.5 Å². The number of rotatable bonds is 6. The molecule has 2 aromatic carbocycles. The molecule has 2 fully saturated rings. The fraction of sp³-hybridized carbons (Fsp3) is 0.538. The third-order valence-corrected chi connectivity index (χ3v) is 10.4. The summed E-state index contributed by atoms with van der Waals surface area (Å²) in [5, 5.41) is 1.59. The molecule has 2 aliphatic rings. The van der Waals surface area contributed by atoms with E-state index < -0.39 is 0 Å². The fourth-order valence-corrected chi connectivity index (χ4v) is 9.39. The molecule has 0 heterocycles. The Balaban J connectivity index is 0.00000256. The van der Waals surface area contributed by atoms with E-state index in [-0.39, 0.29) is 28.3 Å². The second-order valence-electron chi connectivity index (χ2n) is 8.55. The standard InChI is InChI=1S/C26H35O2P.Pd/c1-27-23-17-11-18-24(28-2)26(23)22-16-9-10-19-25(22)29(20-12-5-3-6-13-20)21-14-7-4-8-15-21;/h9-11,16-21H,3-8,12-15H2,1-2H3;/q;+2. The van der Waals surface area contributed by atoms with Gasteiger partial charge in [-0.25, -0.2) is 0 Å². The molecule has 0 saturated heterocycles. The summed E-state index contributed by atoms with van der Waals surface area (Å²) < 4.78 is 11.6. The molecule has 0 bridgehead atoms. The van der Waals surface area contributed by atoms with Crippen molar-refractivity contribution in [2.24, 2.45) is 0 Å². The smallest absolute Gasteiger partial charge is 0.496 e. The van der Waals surface area contributed by atoms with E-state index in [0.717, 1.165) is 28.4 Å². The molecule has 0 amide bonds. The molecule has 30 heavy (non-hydrogen) atoms. The van der Waals surface area contributed by atoms with Gasteiger partial charge in [0.25, 0.3) is 0 Å². The van der Waals surface area contributed by atoms with Crippen LogP contribution in [0.25, 0.3) is 11.1 Å². The van der Waals surface area contributed by atoms with Crippen LogP contribution in [0, 0.1) is 0 Å². The summed E-state index contributed by atoms with van der Waals surface area (Å²) in [5.41, 5.74) is 4.23. The van der Waals surface area contributed by atoms with Crippen molar-refractivity contribution < 1.29 is 29.9 Å². The summed E-state index contributed by atoms with van der Waals surface area (Å²) in [4.78, 5) is 0. The molecule has 2 aromatic rings. The minimum atomic E-state index is -0.182. The van der Waals surface area contributed by atoms with Crippen molar-refractivity contribution in [3.05, 3.63) is 42.5 Å². The van der Waals surface area contributed by atoms with Crippen LogP contribution in [-0.4, -0.2) is 25.5 Å². The number of ether oxygens (including phenoxy) is 2. The topological polar surface area (TPSA) is 18.5 Å². The summed E-state index contributed by atoms with van der Waals surface area (Å²) >= 11 is 0. The monoisotopic (exact) mass is 516 g/mol. The number of methoxy groups -OCH3 is 2. The van der Waals surface area contributed by atoms with Gasteiger partial charge in [0.2, 0.25) is 0 Å². The van der Waals surface area contributed by atoms with Crippen molar-refractivity contribution in [1.82, 2.24) is 0 Å². The summed E-state index contributed by atoms with van der Waals surface area (Å²) in [6.45, 7) is 0. The molecule has 0 spiro atoms. The van der Waals surface area contributed by atoms with Gasteiger partial charge >= 0.3 is 20.4 Å². The first-order valence-electron chi connectivity index (χ1n) is 11.4. The quantitative estimate of drug-likeness (QED) is 0.300. The first kappa shape index (κ1) is 23.8. The number of benzene rings is 2. The van der Waals surface area contributed by atoms with Crippen LogP contribution in [0.15, 0.2) is 42.5 Å². The van der Waals surface area contributed by atoms with E-state index in [4.69, 9.17) is 9.47 Å². The van der Waals surface area contributed by atoms with E-state index >= 15 is 0 Å². The average Bonchev–Trinajstić information content (AvgIpc) is 2.80. The molecule has 0 unspecified atom stereocenters. The maximum absolute atomic E-state index is 5.80. The van der Waals surface area contributed by atoms with Crippen molar-refractivity contribution >= 4 is 13.2 Å². The van der Waals surface area contributed by atoms with E-state index in [9.17, 15) is 0 Å². The Kier molecular flexibility index (Phi) is 9.25. The van der Waals surface area contributed by atoms with Crippen LogP contribution in [0.2, 0.25) is 0 Å². The predicted molar refractivity (Wildman–Crippen MR) is 125 cm³/mol. The summed E-state index contributed by atoms with van der Waals surface area (Å²) in [7, 11) is 3.36. The van der Waals surface area contributed by atoms with Gasteiger partial charge in [-0.3, -0.25) is 0 Å².